The largest absolute Gasteiger partial charge is 0.343 e. The van der Waals surface area contributed by atoms with Crippen LogP contribution in [0.1, 0.15) is 284 Å². The van der Waals surface area contributed by atoms with Crippen LogP contribution in [0.2, 0.25) is 0 Å². The number of allylic oxidation sites excluding steroid dienone is 9. The molecule has 0 saturated carbocycles. The maximum absolute atomic E-state index is 3.86. The van der Waals surface area contributed by atoms with Crippen LogP contribution in [-0.4, -0.2) is 0 Å². The van der Waals surface area contributed by atoms with E-state index < -0.39 is 0 Å². The van der Waals surface area contributed by atoms with Crippen LogP contribution in [0.3, 0.4) is 0 Å². The van der Waals surface area contributed by atoms with Gasteiger partial charge in [-0.1, -0.05) is 103 Å². The lowest BCUT2D eigenvalue weighted by molar-refractivity contribution is 0.448. The maximum atomic E-state index is 3.86. The van der Waals surface area contributed by atoms with E-state index in [1.807, 2.05) is 0 Å². The smallest absolute Gasteiger partial charge is 0.121 e. The predicted octanol–water partition coefficient (Wildman–Crippen LogP) is 31.6. The van der Waals surface area contributed by atoms with Crippen molar-refractivity contribution in [3.8, 4) is 0 Å². The van der Waals surface area contributed by atoms with Crippen LogP contribution in [-0.2, 0) is 0 Å². The Morgan fingerprint density at radius 3 is 0.652 bits per heavy atom. The lowest BCUT2D eigenvalue weighted by atomic mass is 9.86. The standard InChI is InChI=1S/2C8H12.C8H14.5C7H12.C7H14.4C6H12.CH4.H3P/c1-5-8(4)6-7(2)3;1-5-6-8(4)7(2)3;1-5-7-8(3,4)6-2;3*1-4-5-6-7(2)3;2*1-4-6-7(3)5-2;1-3-5-7-6-4-2;4*1-3-5-6-4-2;;/h2*1-6H2;1-7H2;5*1-6H2;1-7H2;4*1-6H2;1H4;1H3. The second-order valence-corrected chi connectivity index (χ2v) is 21.8. The molecule has 92 heavy (non-hydrogen) atoms. The molecule has 0 nitrogen and oxygen atoms in total. The molecule has 1 atom stereocenters. The van der Waals surface area contributed by atoms with Crippen molar-refractivity contribution >= 4 is 9.90 Å². The Bertz CT molecular complexity index is 1230. The van der Waals surface area contributed by atoms with E-state index in [-0.39, 0.29) is 22.7 Å². The summed E-state index contributed by atoms with van der Waals surface area (Å²) in [5.74, 6) is 0. The molecule has 0 aliphatic heterocycles. The molecule has 0 aromatic heterocycles. The van der Waals surface area contributed by atoms with E-state index in [9.17, 15) is 0 Å². The third kappa shape index (κ3) is 213. The number of rotatable bonds is 40. The normalized spacial score (nSPS) is 9.37. The fourth-order valence-corrected chi connectivity index (χ4v) is 5.15. The van der Waals surface area contributed by atoms with Gasteiger partial charge < -0.3 is 90.0 Å². The highest BCUT2D eigenvalue weighted by Crippen LogP contribution is 2.24. The van der Waals surface area contributed by atoms with E-state index in [0.717, 1.165) is 244 Å². The van der Waals surface area contributed by atoms with Crippen LogP contribution < -0.4 is 0 Å². The topological polar surface area (TPSA) is 0 Å². The zero-order valence-electron chi connectivity index (χ0n) is 62.3. The summed E-state index contributed by atoms with van der Waals surface area (Å²) in [7, 11) is 0. The van der Waals surface area contributed by atoms with Gasteiger partial charge in [0.2, 0.25) is 0 Å². The second kappa shape index (κ2) is 124. The molecule has 1 heteroatoms. The highest BCUT2D eigenvalue weighted by atomic mass is 31.0. The Morgan fingerprint density at radius 2 is 0.554 bits per heavy atom. The molecule has 0 radical (unpaired) electrons. The average Bonchev–Trinajstić information content (AvgIpc) is 3.62. The molecule has 1 unspecified atom stereocenters. The monoisotopic (exact) mass is 1290 g/mol. The first kappa shape index (κ1) is 125. The van der Waals surface area contributed by atoms with Crippen LogP contribution in [0.25, 0.3) is 0 Å². The first-order valence-corrected chi connectivity index (χ1v) is 34.0. The number of unbranched alkanes of at least 4 members (excludes halogenated alkanes) is 19. The fourth-order valence-electron chi connectivity index (χ4n) is 5.15. The molecule has 0 amide bonds. The lowest BCUT2D eigenvalue weighted by Gasteiger charge is -2.19. The van der Waals surface area contributed by atoms with Crippen molar-refractivity contribution in [3.63, 3.8) is 0 Å². The zero-order chi connectivity index (χ0) is 73.1. The molecule has 0 heterocycles. The van der Waals surface area contributed by atoms with Crippen molar-refractivity contribution in [1.82, 2.24) is 0 Å². The Balaban J connectivity index is -0.0000000537. The Kier molecular flexibility index (Phi) is 169. The molecule has 0 N–H and O–H groups in total. The van der Waals surface area contributed by atoms with E-state index in [1.165, 1.54) is 81.8 Å². The van der Waals surface area contributed by atoms with Crippen molar-refractivity contribution in [2.45, 2.75) is 284 Å². The van der Waals surface area contributed by atoms with Gasteiger partial charge in [-0.25, -0.2) is 0 Å². The van der Waals surface area contributed by atoms with E-state index in [2.05, 4.69) is 253 Å². The summed E-state index contributed by atoms with van der Waals surface area (Å²) in [4.78, 5) is 0. The van der Waals surface area contributed by atoms with Gasteiger partial charge in [-0.15, -0.1) is 6.58 Å². The molecule has 0 fully saturated rings. The quantitative estimate of drug-likeness (QED) is 0.0189. The van der Waals surface area contributed by atoms with Crippen molar-refractivity contribution in [1.29, 1.82) is 0 Å². The van der Waals surface area contributed by atoms with Gasteiger partial charge in [0, 0.05) is 111 Å². The van der Waals surface area contributed by atoms with Crippen LogP contribution in [0.4, 0.5) is 0 Å². The summed E-state index contributed by atoms with van der Waals surface area (Å²) in [6.07, 6.45) is 45.7. The van der Waals surface area contributed by atoms with Gasteiger partial charge in [0.25, 0.3) is 0 Å². The van der Waals surface area contributed by atoms with E-state index in [1.54, 1.807) is 0 Å². The van der Waals surface area contributed by atoms with Gasteiger partial charge in [0.15, 0.2) is 0 Å². The highest BCUT2D eigenvalue weighted by Gasteiger charge is 2.15. The molecule has 0 aromatic rings. The van der Waals surface area contributed by atoms with E-state index in [4.69, 9.17) is 0 Å². The minimum Gasteiger partial charge on any atom is -0.343 e. The zero-order valence-corrected chi connectivity index (χ0v) is 63.7. The van der Waals surface area contributed by atoms with Gasteiger partial charge in [0.1, 0.15) is 30.4 Å². The van der Waals surface area contributed by atoms with Crippen molar-refractivity contribution in [2.24, 2.45) is 5.41 Å². The predicted molar refractivity (Wildman–Crippen MR) is 451 cm³/mol. The SMILES string of the molecule is C.C=C(C[CH2+])CC[CH2-].C=C(C[CH2+])CC[CH2-].C=C([CH2+])C(=C)CC[CH2-].C=C([CH2+])CC(=C)C[CH2-].C=C([CH2+])CCC[CH2-].C=C([CH2+])CCC[CH2-].C=C([CH2+])CCC[CH2-].P.[CH2+]CC([CH2+])([CH2-])CC[CH2-].[CH2+]CCCCC[CH2-].[CH2+]CCCC[CH2-].[CH2+]CCCC[CH2-].[CH2+]CCCC[CH2-].[CH2+]CCCC[CH2-]. The van der Waals surface area contributed by atoms with Crippen LogP contribution >= 0.6 is 9.90 Å². The summed E-state index contributed by atoms with van der Waals surface area (Å²) < 4.78 is 0. The van der Waals surface area contributed by atoms with Crippen LogP contribution in [0, 0.1) is 199 Å². The molecule has 0 bridgehead atoms. The van der Waals surface area contributed by atoms with Gasteiger partial charge in [-0.05, 0) is 56.3 Å². The molecule has 0 aliphatic rings. The Hall–Kier alpha value is -3.73. The third-order valence-corrected chi connectivity index (χ3v) is 11.2. The second-order valence-electron chi connectivity index (χ2n) is 21.8. The minimum atomic E-state index is -0.0816. The summed E-state index contributed by atoms with van der Waals surface area (Å²) in [6, 6.07) is 0. The van der Waals surface area contributed by atoms with E-state index in [0.29, 0.717) is 0 Å². The fraction of sp³-hybridized carbons (Fsp3) is 0.495. The maximum Gasteiger partial charge on any atom is 0.121 e. The van der Waals surface area contributed by atoms with Gasteiger partial charge >= 0.3 is 0 Å². The van der Waals surface area contributed by atoms with Gasteiger partial charge in [0.05, 0.1) is 104 Å². The third-order valence-electron chi connectivity index (χ3n) is 11.2. The minimum absolute atomic E-state index is 0. The van der Waals surface area contributed by atoms with Crippen molar-refractivity contribution in [2.75, 3.05) is 0 Å². The molecule has 0 spiro atoms. The van der Waals surface area contributed by atoms with Gasteiger partial charge in [-0.2, -0.15) is 93.4 Å². The molecule has 0 rings (SSSR count). The summed E-state index contributed by atoms with van der Waals surface area (Å²) in [6.45, 7) is 137. The number of hydrogen-bond acceptors (Lipinski definition) is 0. The molecule has 0 aromatic carbocycles. The molecular weight excluding hydrogens is 1120 g/mol. The van der Waals surface area contributed by atoms with Crippen LogP contribution in [0.5, 0.6) is 0 Å². The first-order chi connectivity index (χ1) is 42.5. The average molecular weight is 1290 g/mol. The molecular formula is C91H167P. The molecule has 536 valence electrons. The van der Waals surface area contributed by atoms with Crippen molar-refractivity contribution < 1.29 is 0 Å². The van der Waals surface area contributed by atoms with Crippen molar-refractivity contribution in [3.05, 3.63) is 303 Å². The lowest BCUT2D eigenvalue weighted by Crippen LogP contribution is -2.09. The summed E-state index contributed by atoms with van der Waals surface area (Å²) in [5.41, 5.74) is 9.24. The highest BCUT2D eigenvalue weighted by molar-refractivity contribution is 6.92. The Labute approximate surface area is 598 Å². The van der Waals surface area contributed by atoms with Crippen LogP contribution in [0.15, 0.2) is 109 Å². The Morgan fingerprint density at radius 1 is 0.304 bits per heavy atom. The summed E-state index contributed by atoms with van der Waals surface area (Å²) in [5, 5.41) is 0. The molecule has 0 aliphatic carbocycles. The van der Waals surface area contributed by atoms with Gasteiger partial charge in [-0.3, -0.25) is 6.92 Å². The summed E-state index contributed by atoms with van der Waals surface area (Å²) >= 11 is 0. The number of hydrogen-bond donors (Lipinski definition) is 0. The molecule has 0 saturated heterocycles. The first-order valence-electron chi connectivity index (χ1n) is 34.0. The van der Waals surface area contributed by atoms with E-state index >= 15 is 0 Å².